The molecule has 2 unspecified atom stereocenters. The lowest BCUT2D eigenvalue weighted by Gasteiger charge is -2.36. The molecule has 0 bridgehead atoms. The summed E-state index contributed by atoms with van der Waals surface area (Å²) in [5.74, 6) is 1.51. The second-order valence-corrected chi connectivity index (χ2v) is 7.58. The molecule has 6 nitrogen and oxygen atoms in total. The summed E-state index contributed by atoms with van der Waals surface area (Å²) in [7, 11) is 1.85. The Hall–Kier alpha value is -0.120. The van der Waals surface area contributed by atoms with Gasteiger partial charge in [-0.05, 0) is 45.2 Å². The number of likely N-dealkylation sites (tertiary alicyclic amines) is 1. The van der Waals surface area contributed by atoms with Crippen LogP contribution in [0.5, 0.6) is 0 Å². The van der Waals surface area contributed by atoms with Gasteiger partial charge in [0, 0.05) is 45.3 Å². The maximum atomic E-state index is 5.75. The average Bonchev–Trinajstić information content (AvgIpc) is 3.19. The van der Waals surface area contributed by atoms with E-state index in [4.69, 9.17) is 9.47 Å². The van der Waals surface area contributed by atoms with Gasteiger partial charge in [-0.2, -0.15) is 0 Å². The molecule has 0 aliphatic carbocycles. The minimum atomic E-state index is 0. The van der Waals surface area contributed by atoms with Gasteiger partial charge in [-0.3, -0.25) is 9.89 Å². The van der Waals surface area contributed by atoms with Crippen LogP contribution in [0.4, 0.5) is 0 Å². The highest BCUT2D eigenvalue weighted by Gasteiger charge is 2.21. The van der Waals surface area contributed by atoms with Crippen LogP contribution in [0, 0.1) is 5.92 Å². The molecular weight excluding hydrogens is 455 g/mol. The topological polar surface area (TPSA) is 58.1 Å². The maximum Gasteiger partial charge on any atom is 0.191 e. The number of guanidine groups is 1. The quantitative estimate of drug-likeness (QED) is 0.200. The number of piperidine rings is 1. The highest BCUT2D eigenvalue weighted by molar-refractivity contribution is 14.0. The monoisotopic (exact) mass is 496 g/mol. The zero-order valence-electron chi connectivity index (χ0n) is 17.4. The molecule has 7 heteroatoms. The normalized spacial score (nSPS) is 23.9. The van der Waals surface area contributed by atoms with Gasteiger partial charge in [0.15, 0.2) is 5.96 Å². The third-order valence-electron chi connectivity index (χ3n) is 5.41. The number of ether oxygens (including phenoxy) is 2. The van der Waals surface area contributed by atoms with Crippen molar-refractivity contribution in [3.63, 3.8) is 0 Å². The van der Waals surface area contributed by atoms with Crippen LogP contribution in [0.1, 0.15) is 51.9 Å². The van der Waals surface area contributed by atoms with Crippen LogP contribution in [0.15, 0.2) is 4.99 Å². The number of halogens is 1. The molecule has 0 aromatic carbocycles. The number of rotatable bonds is 11. The molecule has 2 aliphatic rings. The summed E-state index contributed by atoms with van der Waals surface area (Å²) in [6.07, 6.45) is 8.72. The predicted octanol–water partition coefficient (Wildman–Crippen LogP) is 2.87. The van der Waals surface area contributed by atoms with Gasteiger partial charge in [-0.15, -0.1) is 24.0 Å². The van der Waals surface area contributed by atoms with Crippen LogP contribution in [0.2, 0.25) is 0 Å². The Morgan fingerprint density at radius 3 is 2.85 bits per heavy atom. The molecule has 2 saturated heterocycles. The fraction of sp³-hybridized carbons (Fsp3) is 0.950. The zero-order valence-corrected chi connectivity index (χ0v) is 19.7. The Bertz CT molecular complexity index is 392. The second kappa shape index (κ2) is 15.8. The van der Waals surface area contributed by atoms with Crippen molar-refractivity contribution in [2.45, 2.75) is 57.9 Å². The van der Waals surface area contributed by atoms with Gasteiger partial charge < -0.3 is 20.1 Å². The van der Waals surface area contributed by atoms with Gasteiger partial charge in [0.2, 0.25) is 0 Å². The van der Waals surface area contributed by atoms with Crippen molar-refractivity contribution in [1.29, 1.82) is 0 Å². The van der Waals surface area contributed by atoms with E-state index in [1.54, 1.807) is 0 Å². The molecule has 0 saturated carbocycles. The second-order valence-electron chi connectivity index (χ2n) is 7.58. The van der Waals surface area contributed by atoms with E-state index in [-0.39, 0.29) is 24.0 Å². The molecule has 0 aromatic heterocycles. The van der Waals surface area contributed by atoms with Crippen molar-refractivity contribution >= 4 is 29.9 Å². The lowest BCUT2D eigenvalue weighted by molar-refractivity contribution is 0.0888. The Morgan fingerprint density at radius 1 is 1.22 bits per heavy atom. The Morgan fingerprint density at radius 2 is 2.11 bits per heavy atom. The van der Waals surface area contributed by atoms with Crippen LogP contribution in [0.3, 0.4) is 0 Å². The third kappa shape index (κ3) is 10.3. The Kier molecular flexibility index (Phi) is 14.5. The van der Waals surface area contributed by atoms with Crippen molar-refractivity contribution in [3.05, 3.63) is 0 Å². The molecule has 27 heavy (non-hydrogen) atoms. The summed E-state index contributed by atoms with van der Waals surface area (Å²) in [4.78, 5) is 7.02. The molecule has 2 atom stereocenters. The van der Waals surface area contributed by atoms with Crippen LogP contribution in [0.25, 0.3) is 0 Å². The highest BCUT2D eigenvalue weighted by Crippen LogP contribution is 2.17. The van der Waals surface area contributed by atoms with Gasteiger partial charge in [-0.1, -0.05) is 19.8 Å². The Balaban J connectivity index is 0.00000364. The third-order valence-corrected chi connectivity index (χ3v) is 5.41. The molecule has 2 N–H and O–H groups in total. The average molecular weight is 496 g/mol. The molecule has 2 fully saturated rings. The summed E-state index contributed by atoms with van der Waals surface area (Å²) in [5.41, 5.74) is 0. The molecule has 0 radical (unpaired) electrons. The first-order chi connectivity index (χ1) is 12.8. The fourth-order valence-corrected chi connectivity index (χ4v) is 3.73. The molecule has 0 amide bonds. The van der Waals surface area contributed by atoms with Crippen molar-refractivity contribution in [3.8, 4) is 0 Å². The van der Waals surface area contributed by atoms with Crippen molar-refractivity contribution < 1.29 is 9.47 Å². The number of hydrogen-bond acceptors (Lipinski definition) is 4. The fourth-order valence-electron chi connectivity index (χ4n) is 3.73. The van der Waals surface area contributed by atoms with Crippen LogP contribution >= 0.6 is 24.0 Å². The first-order valence-electron chi connectivity index (χ1n) is 10.7. The number of unbranched alkanes of at least 4 members (excludes halogenated alkanes) is 1. The summed E-state index contributed by atoms with van der Waals surface area (Å²) in [5, 5.41) is 6.93. The lowest BCUT2D eigenvalue weighted by Crippen LogP contribution is -2.49. The molecular formula is C20H41IN4O2. The summed E-state index contributed by atoms with van der Waals surface area (Å²) >= 11 is 0. The Labute approximate surface area is 183 Å². The largest absolute Gasteiger partial charge is 0.381 e. The minimum absolute atomic E-state index is 0. The number of nitrogens with zero attached hydrogens (tertiary/aromatic N) is 2. The van der Waals surface area contributed by atoms with Crippen LogP contribution in [-0.2, 0) is 9.47 Å². The number of aliphatic imine (C=N–C) groups is 1. The van der Waals surface area contributed by atoms with E-state index < -0.39 is 0 Å². The molecule has 0 aromatic rings. The summed E-state index contributed by atoms with van der Waals surface area (Å²) in [6.45, 7) is 10.0. The molecule has 160 valence electrons. The lowest BCUT2D eigenvalue weighted by atomic mass is 10.0. The van der Waals surface area contributed by atoms with Gasteiger partial charge in [0.25, 0.3) is 0 Å². The van der Waals surface area contributed by atoms with Gasteiger partial charge >= 0.3 is 0 Å². The van der Waals surface area contributed by atoms with E-state index in [1.807, 2.05) is 7.05 Å². The SMILES string of the molecule is CCCCN1CCCCC1CNC(=NC)NCCCOCC1CCOC1.I. The zero-order chi connectivity index (χ0) is 18.5. The first kappa shape index (κ1) is 24.9. The van der Waals surface area contributed by atoms with E-state index in [2.05, 4.69) is 27.4 Å². The van der Waals surface area contributed by atoms with Crippen molar-refractivity contribution in [1.82, 2.24) is 15.5 Å². The van der Waals surface area contributed by atoms with E-state index >= 15 is 0 Å². The first-order valence-corrected chi connectivity index (χ1v) is 10.7. The smallest absolute Gasteiger partial charge is 0.191 e. The molecule has 2 rings (SSSR count). The standard InChI is InChI=1S/C20H40N4O2.HI/c1-3-4-11-24-12-6-5-8-19(24)15-23-20(21-2)22-10-7-13-25-16-18-9-14-26-17-18;/h18-19H,3-17H2,1-2H3,(H2,21,22,23);1H. The van der Waals surface area contributed by atoms with E-state index in [1.165, 1.54) is 45.2 Å². The minimum Gasteiger partial charge on any atom is -0.381 e. The molecule has 2 heterocycles. The van der Waals surface area contributed by atoms with Gasteiger partial charge in [0.05, 0.1) is 13.2 Å². The maximum absolute atomic E-state index is 5.75. The van der Waals surface area contributed by atoms with Crippen molar-refractivity contribution in [2.24, 2.45) is 10.9 Å². The van der Waals surface area contributed by atoms with Gasteiger partial charge in [0.1, 0.15) is 0 Å². The molecule has 2 aliphatic heterocycles. The van der Waals surface area contributed by atoms with Gasteiger partial charge in [-0.25, -0.2) is 0 Å². The van der Waals surface area contributed by atoms with E-state index in [0.29, 0.717) is 12.0 Å². The molecule has 0 spiro atoms. The number of nitrogens with one attached hydrogen (secondary N) is 2. The van der Waals surface area contributed by atoms with E-state index in [0.717, 1.165) is 58.3 Å². The summed E-state index contributed by atoms with van der Waals surface area (Å²) in [6, 6.07) is 0.644. The van der Waals surface area contributed by atoms with Crippen molar-refractivity contribution in [2.75, 3.05) is 59.7 Å². The van der Waals surface area contributed by atoms with Crippen LogP contribution in [-0.4, -0.2) is 76.6 Å². The number of hydrogen-bond donors (Lipinski definition) is 2. The van der Waals surface area contributed by atoms with E-state index in [9.17, 15) is 0 Å². The summed E-state index contributed by atoms with van der Waals surface area (Å²) < 4.78 is 11.1. The highest BCUT2D eigenvalue weighted by atomic mass is 127. The predicted molar refractivity (Wildman–Crippen MR) is 123 cm³/mol. The van der Waals surface area contributed by atoms with Crippen LogP contribution < -0.4 is 10.6 Å².